The molecule has 110 valence electrons. The first-order chi connectivity index (χ1) is 10.1. The molecule has 1 aliphatic rings. The number of aliphatic carboxylic acids is 1. The Morgan fingerprint density at radius 1 is 1.14 bits per heavy atom. The van der Waals surface area contributed by atoms with Crippen molar-refractivity contribution in [1.29, 1.82) is 0 Å². The molecule has 0 saturated heterocycles. The first kappa shape index (κ1) is 14.1. The predicted octanol–water partition coefficient (Wildman–Crippen LogP) is 3.42. The second-order valence-corrected chi connectivity index (χ2v) is 6.52. The summed E-state index contributed by atoms with van der Waals surface area (Å²) < 4.78 is 1.12. The van der Waals surface area contributed by atoms with Gasteiger partial charge in [0.15, 0.2) is 0 Å². The van der Waals surface area contributed by atoms with Gasteiger partial charge < -0.3 is 10.4 Å². The van der Waals surface area contributed by atoms with Gasteiger partial charge in [0, 0.05) is 10.3 Å². The highest BCUT2D eigenvalue weighted by atomic mass is 32.1. The lowest BCUT2D eigenvalue weighted by molar-refractivity contribution is -0.145. The van der Waals surface area contributed by atoms with E-state index in [1.54, 1.807) is 17.4 Å². The number of thiophene rings is 1. The highest BCUT2D eigenvalue weighted by molar-refractivity contribution is 7.17. The van der Waals surface area contributed by atoms with Crippen LogP contribution < -0.4 is 5.32 Å². The lowest BCUT2D eigenvalue weighted by Gasteiger charge is -2.34. The Balaban J connectivity index is 1.85. The SMILES string of the molecule is O=C(NC1(C(=O)O)CCCCC1)c1ccc2sccc2c1. The molecule has 2 N–H and O–H groups in total. The minimum absolute atomic E-state index is 0.299. The van der Waals surface area contributed by atoms with Crippen LogP contribution in [0.1, 0.15) is 42.5 Å². The van der Waals surface area contributed by atoms with Gasteiger partial charge in [-0.15, -0.1) is 11.3 Å². The second-order valence-electron chi connectivity index (χ2n) is 5.58. The van der Waals surface area contributed by atoms with E-state index in [1.165, 1.54) is 0 Å². The third kappa shape index (κ3) is 2.65. The molecule has 0 aliphatic heterocycles. The smallest absolute Gasteiger partial charge is 0.329 e. The molecule has 2 aromatic rings. The fraction of sp³-hybridized carbons (Fsp3) is 0.375. The van der Waals surface area contributed by atoms with Crippen molar-refractivity contribution < 1.29 is 14.7 Å². The lowest BCUT2D eigenvalue weighted by atomic mass is 9.81. The highest BCUT2D eigenvalue weighted by Crippen LogP contribution is 2.29. The molecule has 0 atom stereocenters. The quantitative estimate of drug-likeness (QED) is 0.913. The van der Waals surface area contributed by atoms with Gasteiger partial charge in [-0.25, -0.2) is 4.79 Å². The maximum Gasteiger partial charge on any atom is 0.329 e. The van der Waals surface area contributed by atoms with Crippen molar-refractivity contribution >= 4 is 33.3 Å². The summed E-state index contributed by atoms with van der Waals surface area (Å²) in [5.74, 6) is -1.22. The monoisotopic (exact) mass is 303 g/mol. The van der Waals surface area contributed by atoms with Crippen LogP contribution in [0.25, 0.3) is 10.1 Å². The molecule has 0 bridgehead atoms. The van der Waals surface area contributed by atoms with Crippen molar-refractivity contribution in [2.75, 3.05) is 0 Å². The number of rotatable bonds is 3. The van der Waals surface area contributed by atoms with Gasteiger partial charge in [0.1, 0.15) is 5.54 Å². The van der Waals surface area contributed by atoms with Crippen molar-refractivity contribution in [2.24, 2.45) is 0 Å². The number of carboxylic acids is 1. The highest BCUT2D eigenvalue weighted by Gasteiger charge is 2.41. The topological polar surface area (TPSA) is 66.4 Å². The number of benzene rings is 1. The van der Waals surface area contributed by atoms with E-state index in [0.29, 0.717) is 18.4 Å². The summed E-state index contributed by atoms with van der Waals surface area (Å²) in [5.41, 5.74) is -0.578. The normalized spacial score (nSPS) is 17.5. The standard InChI is InChI=1S/C16H17NO3S/c18-14(12-4-5-13-11(10-12)6-9-21-13)17-16(15(19)20)7-2-1-3-8-16/h4-6,9-10H,1-3,7-8H2,(H,17,18)(H,19,20). The van der Waals surface area contributed by atoms with Crippen molar-refractivity contribution in [1.82, 2.24) is 5.32 Å². The van der Waals surface area contributed by atoms with E-state index in [9.17, 15) is 14.7 Å². The Kier molecular flexibility index (Phi) is 3.68. The molecule has 1 fully saturated rings. The van der Waals surface area contributed by atoms with Gasteiger partial charge >= 0.3 is 5.97 Å². The van der Waals surface area contributed by atoms with E-state index in [1.807, 2.05) is 23.6 Å². The van der Waals surface area contributed by atoms with Crippen LogP contribution in [0.3, 0.4) is 0 Å². The number of fused-ring (bicyclic) bond motifs is 1. The number of carbonyl (C=O) groups is 2. The maximum absolute atomic E-state index is 12.4. The van der Waals surface area contributed by atoms with E-state index in [-0.39, 0.29) is 5.91 Å². The van der Waals surface area contributed by atoms with Gasteiger partial charge in [0.2, 0.25) is 0 Å². The average Bonchev–Trinajstić information content (AvgIpc) is 2.95. The van der Waals surface area contributed by atoms with Gasteiger partial charge in [0.25, 0.3) is 5.91 Å². The minimum atomic E-state index is -1.10. The Morgan fingerprint density at radius 3 is 2.62 bits per heavy atom. The van der Waals surface area contributed by atoms with Crippen LogP contribution in [-0.2, 0) is 4.79 Å². The van der Waals surface area contributed by atoms with E-state index in [0.717, 1.165) is 29.3 Å². The fourth-order valence-corrected chi connectivity index (χ4v) is 3.72. The molecule has 1 saturated carbocycles. The predicted molar refractivity (Wildman–Crippen MR) is 82.7 cm³/mol. The zero-order chi connectivity index (χ0) is 14.9. The summed E-state index contributed by atoms with van der Waals surface area (Å²) in [4.78, 5) is 24.0. The number of carboxylic acid groups (broad SMARTS) is 1. The summed E-state index contributed by atoms with van der Waals surface area (Å²) in [5, 5.41) is 15.3. The number of hydrogen-bond acceptors (Lipinski definition) is 3. The van der Waals surface area contributed by atoms with Crippen LogP contribution in [0.4, 0.5) is 0 Å². The first-order valence-corrected chi connectivity index (χ1v) is 8.02. The molecular weight excluding hydrogens is 286 g/mol. The number of nitrogens with one attached hydrogen (secondary N) is 1. The minimum Gasteiger partial charge on any atom is -0.480 e. The van der Waals surface area contributed by atoms with E-state index < -0.39 is 11.5 Å². The molecule has 21 heavy (non-hydrogen) atoms. The molecular formula is C16H17NO3S. The van der Waals surface area contributed by atoms with Gasteiger partial charge in [-0.1, -0.05) is 19.3 Å². The molecule has 1 aromatic carbocycles. The summed E-state index contributed by atoms with van der Waals surface area (Å²) in [6.07, 6.45) is 3.74. The zero-order valence-electron chi connectivity index (χ0n) is 11.6. The van der Waals surface area contributed by atoms with Crippen LogP contribution in [0.2, 0.25) is 0 Å². The molecule has 0 unspecified atom stereocenters. The molecule has 0 radical (unpaired) electrons. The summed E-state index contributed by atoms with van der Waals surface area (Å²) >= 11 is 1.62. The fourth-order valence-electron chi connectivity index (χ4n) is 2.95. The number of carbonyl (C=O) groups excluding carboxylic acids is 1. The summed E-state index contributed by atoms with van der Waals surface area (Å²) in [6, 6.07) is 7.44. The largest absolute Gasteiger partial charge is 0.480 e. The Hall–Kier alpha value is -1.88. The van der Waals surface area contributed by atoms with Crippen LogP contribution >= 0.6 is 11.3 Å². The van der Waals surface area contributed by atoms with Gasteiger partial charge in [-0.05, 0) is 47.9 Å². The third-order valence-electron chi connectivity index (χ3n) is 4.18. The molecule has 0 spiro atoms. The first-order valence-electron chi connectivity index (χ1n) is 7.14. The van der Waals surface area contributed by atoms with Gasteiger partial charge in [0.05, 0.1) is 0 Å². The van der Waals surface area contributed by atoms with E-state index in [2.05, 4.69) is 5.32 Å². The van der Waals surface area contributed by atoms with Crippen LogP contribution in [0.5, 0.6) is 0 Å². The van der Waals surface area contributed by atoms with Crippen molar-refractivity contribution in [3.05, 3.63) is 35.2 Å². The molecule has 1 aromatic heterocycles. The zero-order valence-corrected chi connectivity index (χ0v) is 12.4. The molecule has 5 heteroatoms. The van der Waals surface area contributed by atoms with Crippen molar-refractivity contribution in [3.8, 4) is 0 Å². The second kappa shape index (κ2) is 5.48. The van der Waals surface area contributed by atoms with Crippen LogP contribution in [-0.4, -0.2) is 22.5 Å². The van der Waals surface area contributed by atoms with E-state index in [4.69, 9.17) is 0 Å². The Labute approximate surface area is 126 Å². The average molecular weight is 303 g/mol. The molecule has 1 aliphatic carbocycles. The van der Waals surface area contributed by atoms with Gasteiger partial charge in [-0.2, -0.15) is 0 Å². The Morgan fingerprint density at radius 2 is 1.90 bits per heavy atom. The van der Waals surface area contributed by atoms with Crippen molar-refractivity contribution in [3.63, 3.8) is 0 Å². The summed E-state index contributed by atoms with van der Waals surface area (Å²) in [7, 11) is 0. The number of amides is 1. The third-order valence-corrected chi connectivity index (χ3v) is 5.08. The Bertz CT molecular complexity index is 686. The molecule has 3 rings (SSSR count). The lowest BCUT2D eigenvalue weighted by Crippen LogP contribution is -2.55. The molecule has 1 amide bonds. The maximum atomic E-state index is 12.4. The van der Waals surface area contributed by atoms with Crippen LogP contribution in [0, 0.1) is 0 Å². The van der Waals surface area contributed by atoms with E-state index >= 15 is 0 Å². The molecule has 1 heterocycles. The van der Waals surface area contributed by atoms with Crippen LogP contribution in [0.15, 0.2) is 29.6 Å². The van der Waals surface area contributed by atoms with Crippen molar-refractivity contribution in [2.45, 2.75) is 37.6 Å². The molecule has 4 nitrogen and oxygen atoms in total. The van der Waals surface area contributed by atoms with Gasteiger partial charge in [-0.3, -0.25) is 4.79 Å². The summed E-state index contributed by atoms with van der Waals surface area (Å²) in [6.45, 7) is 0. The number of hydrogen-bond donors (Lipinski definition) is 2.